The van der Waals surface area contributed by atoms with Crippen molar-refractivity contribution in [1.29, 1.82) is 5.26 Å². The Bertz CT molecular complexity index is 997. The molecule has 0 aliphatic heterocycles. The van der Waals surface area contributed by atoms with Crippen molar-refractivity contribution in [1.82, 2.24) is 19.7 Å². The first-order chi connectivity index (χ1) is 13.8. The summed E-state index contributed by atoms with van der Waals surface area (Å²) >= 11 is 6.21. The molecule has 1 aromatic heterocycles. The normalized spacial score (nSPS) is 16.1. The molecule has 0 spiro atoms. The Hall–Kier alpha value is -2.63. The minimum atomic E-state index is -0.902. The first-order valence-electron chi connectivity index (χ1n) is 9.68. The highest BCUT2D eigenvalue weighted by atomic mass is 35.5. The summed E-state index contributed by atoms with van der Waals surface area (Å²) in [4.78, 5) is 25.2. The molecule has 29 heavy (non-hydrogen) atoms. The van der Waals surface area contributed by atoms with Crippen LogP contribution in [0, 0.1) is 18.3 Å². The Kier molecular flexibility index (Phi) is 6.40. The summed E-state index contributed by atoms with van der Waals surface area (Å²) in [6, 6.07) is 6.52. The van der Waals surface area contributed by atoms with Crippen molar-refractivity contribution in [3.05, 3.63) is 45.1 Å². The van der Waals surface area contributed by atoms with Crippen LogP contribution >= 0.6 is 11.6 Å². The average molecular weight is 418 g/mol. The van der Waals surface area contributed by atoms with Gasteiger partial charge in [-0.15, -0.1) is 0 Å². The quantitative estimate of drug-likeness (QED) is 0.725. The van der Waals surface area contributed by atoms with Gasteiger partial charge in [-0.2, -0.15) is 15.0 Å². The molecule has 1 aliphatic carbocycles. The molecule has 3 rings (SSSR count). The average Bonchev–Trinajstić information content (AvgIpc) is 2.86. The fourth-order valence-corrected chi connectivity index (χ4v) is 3.84. The second-order valence-corrected chi connectivity index (χ2v) is 7.88. The third kappa shape index (κ3) is 4.69. The summed E-state index contributed by atoms with van der Waals surface area (Å²) in [6.45, 7) is 1.68. The maximum atomic E-state index is 12.7. The van der Waals surface area contributed by atoms with Gasteiger partial charge in [-0.25, -0.2) is 4.79 Å². The molecule has 154 valence electrons. The molecule has 2 aromatic rings. The van der Waals surface area contributed by atoms with Crippen LogP contribution in [0.15, 0.2) is 23.0 Å². The molecular formula is C20H24ClN5O3. The highest BCUT2D eigenvalue weighted by Gasteiger charge is 2.29. The van der Waals surface area contributed by atoms with Gasteiger partial charge in [0.25, 0.3) is 5.91 Å². The summed E-state index contributed by atoms with van der Waals surface area (Å²) in [7, 11) is 0. The molecule has 1 amide bonds. The number of rotatable bonds is 5. The van der Waals surface area contributed by atoms with Gasteiger partial charge in [0.1, 0.15) is 12.4 Å². The number of hydrogen-bond donors (Lipinski definition) is 2. The van der Waals surface area contributed by atoms with E-state index in [1.54, 1.807) is 13.0 Å². The number of carbonyl (C=O) groups is 1. The lowest BCUT2D eigenvalue weighted by Crippen LogP contribution is -2.42. The first kappa shape index (κ1) is 21.1. The van der Waals surface area contributed by atoms with E-state index in [9.17, 15) is 14.7 Å². The van der Waals surface area contributed by atoms with E-state index in [2.05, 4.69) is 10.4 Å². The highest BCUT2D eigenvalue weighted by molar-refractivity contribution is 6.33. The monoisotopic (exact) mass is 417 g/mol. The molecule has 1 aliphatic rings. The van der Waals surface area contributed by atoms with Crippen LogP contribution < -0.4 is 11.0 Å². The fraction of sp³-hybridized carbons (Fsp3) is 0.500. The zero-order valence-corrected chi connectivity index (χ0v) is 17.1. The lowest BCUT2D eigenvalue weighted by atomic mass is 9.94. The first-order valence-corrected chi connectivity index (χ1v) is 10.1. The molecule has 1 saturated carbocycles. The van der Waals surface area contributed by atoms with Gasteiger partial charge in [0.2, 0.25) is 0 Å². The maximum absolute atomic E-state index is 12.7. The van der Waals surface area contributed by atoms with Gasteiger partial charge < -0.3 is 10.4 Å². The van der Waals surface area contributed by atoms with Crippen LogP contribution in [0.3, 0.4) is 0 Å². The SMILES string of the molecule is Cc1nn(-c2ccc(Cl)c(C(=O)NCC3(O)CCCCCC3)c2)c(=O)n1CC#N. The van der Waals surface area contributed by atoms with E-state index in [-0.39, 0.29) is 23.7 Å². The molecule has 2 N–H and O–H groups in total. The number of aryl methyl sites for hydroxylation is 1. The summed E-state index contributed by atoms with van der Waals surface area (Å²) in [5.74, 6) is -0.0242. The highest BCUT2D eigenvalue weighted by Crippen LogP contribution is 2.27. The molecule has 0 unspecified atom stereocenters. The topological polar surface area (TPSA) is 113 Å². The van der Waals surface area contributed by atoms with E-state index >= 15 is 0 Å². The number of carbonyl (C=O) groups excluding carboxylic acids is 1. The summed E-state index contributed by atoms with van der Waals surface area (Å²) in [5, 5.41) is 26.8. The molecule has 0 radical (unpaired) electrons. The van der Waals surface area contributed by atoms with Gasteiger partial charge in [0.05, 0.1) is 27.9 Å². The van der Waals surface area contributed by atoms with Gasteiger partial charge in [-0.3, -0.25) is 9.36 Å². The van der Waals surface area contributed by atoms with Crippen molar-refractivity contribution in [2.24, 2.45) is 0 Å². The van der Waals surface area contributed by atoms with Gasteiger partial charge in [0.15, 0.2) is 0 Å². The van der Waals surface area contributed by atoms with E-state index in [0.717, 1.165) is 30.4 Å². The van der Waals surface area contributed by atoms with E-state index in [0.29, 0.717) is 24.4 Å². The molecule has 8 nitrogen and oxygen atoms in total. The van der Waals surface area contributed by atoms with Crippen LogP contribution in [0.4, 0.5) is 0 Å². The third-order valence-electron chi connectivity index (χ3n) is 5.33. The molecule has 1 fully saturated rings. The number of aromatic nitrogens is 3. The number of amides is 1. The number of nitrogens with one attached hydrogen (secondary N) is 1. The van der Waals surface area contributed by atoms with Crippen LogP contribution in [-0.2, 0) is 6.54 Å². The van der Waals surface area contributed by atoms with E-state index in [4.69, 9.17) is 16.9 Å². The van der Waals surface area contributed by atoms with Crippen molar-refractivity contribution in [2.45, 2.75) is 57.6 Å². The Balaban J connectivity index is 1.82. The largest absolute Gasteiger partial charge is 0.388 e. The Morgan fingerprint density at radius 3 is 2.69 bits per heavy atom. The van der Waals surface area contributed by atoms with Crippen LogP contribution in [0.25, 0.3) is 5.69 Å². The van der Waals surface area contributed by atoms with Crippen molar-refractivity contribution in [2.75, 3.05) is 6.54 Å². The number of hydrogen-bond acceptors (Lipinski definition) is 5. The summed E-state index contributed by atoms with van der Waals surface area (Å²) in [5.41, 5.74) is -0.802. The number of benzene rings is 1. The van der Waals surface area contributed by atoms with Gasteiger partial charge in [0, 0.05) is 6.54 Å². The Labute approximate surface area is 173 Å². The van der Waals surface area contributed by atoms with Gasteiger partial charge >= 0.3 is 5.69 Å². The number of aliphatic hydroxyl groups is 1. The van der Waals surface area contributed by atoms with Crippen LogP contribution in [0.2, 0.25) is 5.02 Å². The predicted molar refractivity (Wildman–Crippen MR) is 108 cm³/mol. The van der Waals surface area contributed by atoms with Crippen LogP contribution in [-0.4, -0.2) is 37.5 Å². The fourth-order valence-electron chi connectivity index (χ4n) is 3.64. The number of halogens is 1. The van der Waals surface area contributed by atoms with Crippen LogP contribution in [0.5, 0.6) is 0 Å². The molecule has 9 heteroatoms. The standard InChI is InChI=1S/C20H24ClN5O3/c1-14-24-26(19(28)25(14)11-10-22)15-6-7-17(21)16(12-15)18(27)23-13-20(29)8-4-2-3-5-9-20/h6-7,12,29H,2-5,8-9,11,13H2,1H3,(H,23,27). The second-order valence-electron chi connectivity index (χ2n) is 7.47. The smallest absolute Gasteiger partial charge is 0.351 e. The minimum Gasteiger partial charge on any atom is -0.388 e. The number of nitriles is 1. The molecule has 0 saturated heterocycles. The third-order valence-corrected chi connectivity index (χ3v) is 5.66. The van der Waals surface area contributed by atoms with Gasteiger partial charge in [-0.1, -0.05) is 37.3 Å². The predicted octanol–water partition coefficient (Wildman–Crippen LogP) is 2.33. The van der Waals surface area contributed by atoms with E-state index in [1.807, 2.05) is 6.07 Å². The van der Waals surface area contributed by atoms with Crippen molar-refractivity contribution < 1.29 is 9.90 Å². The lowest BCUT2D eigenvalue weighted by Gasteiger charge is -2.26. The van der Waals surface area contributed by atoms with Gasteiger partial charge in [-0.05, 0) is 38.0 Å². The molecule has 0 bridgehead atoms. The maximum Gasteiger partial charge on any atom is 0.351 e. The van der Waals surface area contributed by atoms with Crippen molar-refractivity contribution >= 4 is 17.5 Å². The Morgan fingerprint density at radius 1 is 1.34 bits per heavy atom. The molecule has 0 atom stereocenters. The summed E-state index contributed by atoms with van der Waals surface area (Å²) in [6.07, 6.45) is 5.39. The van der Waals surface area contributed by atoms with Crippen LogP contribution in [0.1, 0.15) is 54.7 Å². The molecule has 1 heterocycles. The lowest BCUT2D eigenvalue weighted by molar-refractivity contribution is 0.0246. The molecular weight excluding hydrogens is 394 g/mol. The minimum absolute atomic E-state index is 0.107. The molecule has 1 aromatic carbocycles. The second kappa shape index (κ2) is 8.80. The van der Waals surface area contributed by atoms with Crippen molar-refractivity contribution in [3.63, 3.8) is 0 Å². The summed E-state index contributed by atoms with van der Waals surface area (Å²) < 4.78 is 2.38. The zero-order chi connectivity index (χ0) is 21.0. The number of nitrogens with zero attached hydrogens (tertiary/aromatic N) is 4. The Morgan fingerprint density at radius 2 is 2.03 bits per heavy atom. The van der Waals surface area contributed by atoms with Crippen molar-refractivity contribution in [3.8, 4) is 11.8 Å². The van der Waals surface area contributed by atoms with E-state index in [1.165, 1.54) is 16.7 Å². The van der Waals surface area contributed by atoms with E-state index < -0.39 is 17.2 Å². The zero-order valence-electron chi connectivity index (χ0n) is 16.3.